The maximum Gasteiger partial charge on any atom is 0.225 e. The molecule has 1 unspecified atom stereocenters. The van der Waals surface area contributed by atoms with Crippen LogP contribution in [0.2, 0.25) is 0 Å². The second-order valence-corrected chi connectivity index (χ2v) is 5.39. The molecule has 2 N–H and O–H groups in total. The van der Waals surface area contributed by atoms with Crippen LogP contribution < -0.4 is 10.6 Å². The molecule has 0 aliphatic heterocycles. The van der Waals surface area contributed by atoms with Gasteiger partial charge in [0, 0.05) is 19.0 Å². The fraction of sp³-hybridized carbons (Fsp3) is 0.500. The summed E-state index contributed by atoms with van der Waals surface area (Å²) in [5.74, 6) is 1.95. The fourth-order valence-electron chi connectivity index (χ4n) is 2.18. The number of rotatable bonds is 7. The molecule has 0 radical (unpaired) electrons. The highest BCUT2D eigenvalue weighted by Gasteiger charge is 2.16. The molecule has 0 bridgehead atoms. The predicted octanol–water partition coefficient (Wildman–Crippen LogP) is 3.14. The molecule has 0 amide bonds. The standard InChI is InChI=1S/C16H24N4O/c1-5-17-16-19-13-9-7-6-8-12(13)15(20-16)18-14(10-21-4)11(2)3/h6-9,11,14H,5,10H2,1-4H3,(H2,17,18,19,20). The normalized spacial score (nSPS) is 12.6. The first kappa shape index (κ1) is 15.5. The van der Waals surface area contributed by atoms with Crippen molar-refractivity contribution in [1.82, 2.24) is 9.97 Å². The second-order valence-electron chi connectivity index (χ2n) is 5.39. The molecule has 1 aromatic carbocycles. The zero-order valence-electron chi connectivity index (χ0n) is 13.2. The lowest BCUT2D eigenvalue weighted by atomic mass is 10.1. The molecule has 5 nitrogen and oxygen atoms in total. The van der Waals surface area contributed by atoms with Gasteiger partial charge in [-0.25, -0.2) is 4.98 Å². The summed E-state index contributed by atoms with van der Waals surface area (Å²) < 4.78 is 5.31. The number of anilines is 2. The van der Waals surface area contributed by atoms with Gasteiger partial charge in [0.15, 0.2) is 0 Å². The molecule has 21 heavy (non-hydrogen) atoms. The van der Waals surface area contributed by atoms with Gasteiger partial charge < -0.3 is 15.4 Å². The van der Waals surface area contributed by atoms with Crippen molar-refractivity contribution in [3.05, 3.63) is 24.3 Å². The van der Waals surface area contributed by atoms with Crippen LogP contribution in [-0.2, 0) is 4.74 Å². The van der Waals surface area contributed by atoms with Crippen LogP contribution in [0.25, 0.3) is 10.9 Å². The number of para-hydroxylation sites is 1. The first-order chi connectivity index (χ1) is 10.2. The van der Waals surface area contributed by atoms with Crippen molar-refractivity contribution >= 4 is 22.7 Å². The van der Waals surface area contributed by atoms with Crippen molar-refractivity contribution < 1.29 is 4.74 Å². The lowest BCUT2D eigenvalue weighted by Crippen LogP contribution is -2.31. The van der Waals surface area contributed by atoms with Crippen LogP contribution in [-0.4, -0.2) is 36.3 Å². The molecule has 1 atom stereocenters. The minimum absolute atomic E-state index is 0.211. The number of nitrogens with one attached hydrogen (secondary N) is 2. The molecule has 0 aliphatic rings. The number of aromatic nitrogens is 2. The quantitative estimate of drug-likeness (QED) is 0.819. The molecule has 114 valence electrons. The Bertz CT molecular complexity index is 585. The number of ether oxygens (including phenoxy) is 1. The van der Waals surface area contributed by atoms with Crippen LogP contribution in [0.5, 0.6) is 0 Å². The highest BCUT2D eigenvalue weighted by atomic mass is 16.5. The number of hydrogen-bond donors (Lipinski definition) is 2. The summed E-state index contributed by atoms with van der Waals surface area (Å²) in [6.07, 6.45) is 0. The van der Waals surface area contributed by atoms with Crippen LogP contribution >= 0.6 is 0 Å². The number of methoxy groups -OCH3 is 1. The van der Waals surface area contributed by atoms with Crippen molar-refractivity contribution in [2.45, 2.75) is 26.8 Å². The maximum absolute atomic E-state index is 5.31. The zero-order chi connectivity index (χ0) is 15.2. The van der Waals surface area contributed by atoms with Gasteiger partial charge in [-0.1, -0.05) is 26.0 Å². The molecule has 0 spiro atoms. The average molecular weight is 288 g/mol. The fourth-order valence-corrected chi connectivity index (χ4v) is 2.18. The molecule has 1 aromatic heterocycles. The molecule has 0 saturated heterocycles. The molecular formula is C16H24N4O. The Labute approximate surface area is 126 Å². The SMILES string of the molecule is CCNc1nc(NC(COC)C(C)C)c2ccccc2n1. The van der Waals surface area contributed by atoms with E-state index in [0.717, 1.165) is 23.3 Å². The topological polar surface area (TPSA) is 59.1 Å². The summed E-state index contributed by atoms with van der Waals surface area (Å²) in [6, 6.07) is 8.25. The first-order valence-electron chi connectivity index (χ1n) is 7.41. The summed E-state index contributed by atoms with van der Waals surface area (Å²) in [4.78, 5) is 9.14. The maximum atomic E-state index is 5.31. The van der Waals surface area contributed by atoms with Crippen LogP contribution in [0.15, 0.2) is 24.3 Å². The monoisotopic (exact) mass is 288 g/mol. The van der Waals surface area contributed by atoms with E-state index in [-0.39, 0.29) is 6.04 Å². The number of nitrogens with zero attached hydrogens (tertiary/aromatic N) is 2. The van der Waals surface area contributed by atoms with Gasteiger partial charge in [-0.2, -0.15) is 4.98 Å². The zero-order valence-corrected chi connectivity index (χ0v) is 13.2. The highest BCUT2D eigenvalue weighted by molar-refractivity contribution is 5.90. The van der Waals surface area contributed by atoms with E-state index >= 15 is 0 Å². The highest BCUT2D eigenvalue weighted by Crippen LogP contribution is 2.23. The van der Waals surface area contributed by atoms with E-state index in [9.17, 15) is 0 Å². The molecular weight excluding hydrogens is 264 g/mol. The lowest BCUT2D eigenvalue weighted by molar-refractivity contribution is 0.171. The largest absolute Gasteiger partial charge is 0.383 e. The van der Waals surface area contributed by atoms with Gasteiger partial charge in [-0.3, -0.25) is 0 Å². The third-order valence-electron chi connectivity index (χ3n) is 3.41. The summed E-state index contributed by atoms with van der Waals surface area (Å²) in [7, 11) is 1.72. The van der Waals surface area contributed by atoms with E-state index in [1.54, 1.807) is 7.11 Å². The average Bonchev–Trinajstić information content (AvgIpc) is 2.47. The van der Waals surface area contributed by atoms with E-state index < -0.39 is 0 Å². The third-order valence-corrected chi connectivity index (χ3v) is 3.41. The lowest BCUT2D eigenvalue weighted by Gasteiger charge is -2.23. The van der Waals surface area contributed by atoms with Crippen molar-refractivity contribution in [2.24, 2.45) is 5.92 Å². The summed E-state index contributed by atoms with van der Waals surface area (Å²) in [5.41, 5.74) is 0.936. The van der Waals surface area contributed by atoms with Crippen molar-refractivity contribution in [3.8, 4) is 0 Å². The molecule has 0 fully saturated rings. The van der Waals surface area contributed by atoms with Crippen LogP contribution in [0.3, 0.4) is 0 Å². The van der Waals surface area contributed by atoms with Gasteiger partial charge in [0.1, 0.15) is 5.82 Å². The van der Waals surface area contributed by atoms with Crippen LogP contribution in [0.4, 0.5) is 11.8 Å². The second kappa shape index (κ2) is 7.22. The van der Waals surface area contributed by atoms with Crippen molar-refractivity contribution in [2.75, 3.05) is 30.9 Å². The molecule has 5 heteroatoms. The third kappa shape index (κ3) is 3.82. The minimum atomic E-state index is 0.211. The van der Waals surface area contributed by atoms with Gasteiger partial charge in [0.25, 0.3) is 0 Å². The van der Waals surface area contributed by atoms with Crippen LogP contribution in [0.1, 0.15) is 20.8 Å². The van der Waals surface area contributed by atoms with Gasteiger partial charge in [0.2, 0.25) is 5.95 Å². The molecule has 0 aliphatic carbocycles. The molecule has 2 aromatic rings. The number of hydrogen-bond acceptors (Lipinski definition) is 5. The smallest absolute Gasteiger partial charge is 0.225 e. The van der Waals surface area contributed by atoms with Crippen LogP contribution in [0, 0.1) is 5.92 Å². The Morgan fingerprint density at radius 1 is 1.19 bits per heavy atom. The Kier molecular flexibility index (Phi) is 5.33. The Morgan fingerprint density at radius 3 is 2.62 bits per heavy atom. The van der Waals surface area contributed by atoms with E-state index in [1.165, 1.54) is 0 Å². The summed E-state index contributed by atoms with van der Waals surface area (Å²) in [5, 5.41) is 7.71. The van der Waals surface area contributed by atoms with Gasteiger partial charge in [0.05, 0.1) is 18.2 Å². The van der Waals surface area contributed by atoms with Crippen molar-refractivity contribution in [3.63, 3.8) is 0 Å². The molecule has 0 saturated carbocycles. The molecule has 1 heterocycles. The van der Waals surface area contributed by atoms with E-state index in [1.807, 2.05) is 31.2 Å². The number of benzene rings is 1. The van der Waals surface area contributed by atoms with E-state index in [2.05, 4.69) is 34.4 Å². The summed E-state index contributed by atoms with van der Waals surface area (Å²) >= 11 is 0. The van der Waals surface area contributed by atoms with Gasteiger partial charge in [-0.05, 0) is 25.0 Å². The Balaban J connectivity index is 2.40. The number of fused-ring (bicyclic) bond motifs is 1. The van der Waals surface area contributed by atoms with E-state index in [0.29, 0.717) is 18.5 Å². The van der Waals surface area contributed by atoms with Gasteiger partial charge >= 0.3 is 0 Å². The molecule has 2 rings (SSSR count). The first-order valence-corrected chi connectivity index (χ1v) is 7.41. The van der Waals surface area contributed by atoms with Crippen molar-refractivity contribution in [1.29, 1.82) is 0 Å². The van der Waals surface area contributed by atoms with Gasteiger partial charge in [-0.15, -0.1) is 0 Å². The van der Waals surface area contributed by atoms with E-state index in [4.69, 9.17) is 4.74 Å². The Morgan fingerprint density at radius 2 is 1.95 bits per heavy atom. The predicted molar refractivity (Wildman–Crippen MR) is 87.8 cm³/mol. The summed E-state index contributed by atoms with van der Waals surface area (Å²) in [6.45, 7) is 7.82. The minimum Gasteiger partial charge on any atom is -0.383 e. The Hall–Kier alpha value is -1.88.